The van der Waals surface area contributed by atoms with Crippen LogP contribution < -0.4 is 5.32 Å². The molecule has 88 valence electrons. The lowest BCUT2D eigenvalue weighted by Gasteiger charge is -2.22. The van der Waals surface area contributed by atoms with Gasteiger partial charge in [0.25, 0.3) is 0 Å². The van der Waals surface area contributed by atoms with Crippen LogP contribution in [0.2, 0.25) is 0 Å². The van der Waals surface area contributed by atoms with Crippen molar-refractivity contribution in [3.8, 4) is 0 Å². The van der Waals surface area contributed by atoms with Crippen LogP contribution in [0.15, 0.2) is 0 Å². The normalized spacial score (nSPS) is 24.8. The van der Waals surface area contributed by atoms with E-state index in [4.69, 9.17) is 0 Å². The molecular formula is C12H24N2S. The Kier molecular flexibility index (Phi) is 5.30. The highest BCUT2D eigenvalue weighted by molar-refractivity contribution is 7.99. The van der Waals surface area contributed by atoms with Crippen LogP contribution in [0.25, 0.3) is 0 Å². The fourth-order valence-electron chi connectivity index (χ4n) is 2.50. The smallest absolute Gasteiger partial charge is 0.0107 e. The van der Waals surface area contributed by atoms with Gasteiger partial charge in [0.2, 0.25) is 0 Å². The highest BCUT2D eigenvalue weighted by atomic mass is 32.2. The second-order valence-corrected chi connectivity index (χ2v) is 6.03. The summed E-state index contributed by atoms with van der Waals surface area (Å²) in [5.74, 6) is 3.74. The number of nitrogens with one attached hydrogen (secondary N) is 1. The Morgan fingerprint density at radius 2 is 1.87 bits per heavy atom. The summed E-state index contributed by atoms with van der Waals surface area (Å²) in [6.07, 6.45) is 5.70. The monoisotopic (exact) mass is 228 g/mol. The molecule has 0 atom stereocenters. The third-order valence-electron chi connectivity index (χ3n) is 3.58. The molecule has 0 spiro atoms. The zero-order chi connectivity index (χ0) is 10.3. The maximum atomic E-state index is 3.63. The van der Waals surface area contributed by atoms with Gasteiger partial charge in [0.05, 0.1) is 0 Å². The van der Waals surface area contributed by atoms with Crippen molar-refractivity contribution in [3.63, 3.8) is 0 Å². The van der Waals surface area contributed by atoms with Crippen molar-refractivity contribution in [2.45, 2.75) is 25.7 Å². The maximum Gasteiger partial charge on any atom is 0.0107 e. The molecule has 3 heteroatoms. The first-order chi connectivity index (χ1) is 7.45. The van der Waals surface area contributed by atoms with Crippen molar-refractivity contribution in [1.29, 1.82) is 0 Å². The highest BCUT2D eigenvalue weighted by Gasteiger charge is 2.13. The van der Waals surface area contributed by atoms with Crippen LogP contribution in [0.1, 0.15) is 25.7 Å². The fraction of sp³-hybridized carbons (Fsp3) is 1.00. The summed E-state index contributed by atoms with van der Waals surface area (Å²) in [7, 11) is 0. The molecule has 2 rings (SSSR count). The molecule has 15 heavy (non-hydrogen) atoms. The molecule has 0 amide bonds. The van der Waals surface area contributed by atoms with Crippen molar-refractivity contribution in [2.75, 3.05) is 44.2 Å². The Labute approximate surface area is 98.2 Å². The summed E-state index contributed by atoms with van der Waals surface area (Å²) in [4.78, 5) is 2.59. The van der Waals surface area contributed by atoms with E-state index in [1.165, 1.54) is 69.9 Å². The largest absolute Gasteiger partial charge is 0.315 e. The van der Waals surface area contributed by atoms with Gasteiger partial charge in [-0.05, 0) is 62.7 Å². The number of likely N-dealkylation sites (tertiary alicyclic amines) is 1. The van der Waals surface area contributed by atoms with Crippen molar-refractivity contribution in [3.05, 3.63) is 0 Å². The van der Waals surface area contributed by atoms with Crippen LogP contribution >= 0.6 is 11.8 Å². The van der Waals surface area contributed by atoms with Crippen molar-refractivity contribution in [1.82, 2.24) is 10.2 Å². The molecule has 2 heterocycles. The topological polar surface area (TPSA) is 15.3 Å². The number of thioether (sulfide) groups is 1. The molecule has 1 N–H and O–H groups in total. The summed E-state index contributed by atoms with van der Waals surface area (Å²) in [5.41, 5.74) is 0. The summed E-state index contributed by atoms with van der Waals surface area (Å²) in [6, 6.07) is 0. The molecule has 0 aromatic heterocycles. The average molecular weight is 228 g/mol. The molecule has 0 aromatic rings. The van der Waals surface area contributed by atoms with Gasteiger partial charge >= 0.3 is 0 Å². The molecular weight excluding hydrogens is 204 g/mol. The Balaban J connectivity index is 1.47. The molecule has 0 aliphatic carbocycles. The molecule has 2 aliphatic heterocycles. The first-order valence-electron chi connectivity index (χ1n) is 6.46. The van der Waals surface area contributed by atoms with Gasteiger partial charge in [0.15, 0.2) is 0 Å². The predicted molar refractivity (Wildman–Crippen MR) is 68.6 cm³/mol. The lowest BCUT2D eigenvalue weighted by molar-refractivity contribution is 0.328. The molecule has 0 unspecified atom stereocenters. The van der Waals surface area contributed by atoms with Crippen molar-refractivity contribution < 1.29 is 0 Å². The minimum absolute atomic E-state index is 0.963. The van der Waals surface area contributed by atoms with E-state index in [9.17, 15) is 0 Å². The van der Waals surface area contributed by atoms with Gasteiger partial charge in [-0.1, -0.05) is 0 Å². The Bertz CT molecular complexity index is 163. The molecule has 0 aromatic carbocycles. The lowest BCUT2D eigenvalue weighted by Crippen LogP contribution is -2.33. The SMILES string of the molecule is C1CCN(CCNCC2CCSCC2)C1. The second-order valence-electron chi connectivity index (χ2n) is 4.81. The Morgan fingerprint density at radius 1 is 1.13 bits per heavy atom. The van der Waals surface area contributed by atoms with E-state index < -0.39 is 0 Å². The first kappa shape index (κ1) is 11.7. The summed E-state index contributed by atoms with van der Waals surface area (Å²) in [6.45, 7) is 6.39. The minimum Gasteiger partial charge on any atom is -0.315 e. The van der Waals surface area contributed by atoms with Gasteiger partial charge in [0, 0.05) is 13.1 Å². The van der Waals surface area contributed by atoms with E-state index in [1.54, 1.807) is 0 Å². The quantitative estimate of drug-likeness (QED) is 0.723. The number of rotatable bonds is 5. The van der Waals surface area contributed by atoms with E-state index in [-0.39, 0.29) is 0 Å². The molecule has 2 aliphatic rings. The van der Waals surface area contributed by atoms with Gasteiger partial charge < -0.3 is 10.2 Å². The van der Waals surface area contributed by atoms with Crippen LogP contribution in [0, 0.1) is 5.92 Å². The number of hydrogen-bond acceptors (Lipinski definition) is 3. The molecule has 2 fully saturated rings. The first-order valence-corrected chi connectivity index (χ1v) is 7.61. The maximum absolute atomic E-state index is 3.63. The zero-order valence-electron chi connectivity index (χ0n) is 9.71. The zero-order valence-corrected chi connectivity index (χ0v) is 10.5. The molecule has 0 bridgehead atoms. The summed E-state index contributed by atoms with van der Waals surface area (Å²) >= 11 is 2.12. The standard InChI is InChI=1S/C12H24N2S/c1-2-7-14(6-1)8-5-13-11-12-3-9-15-10-4-12/h12-13H,1-11H2. The predicted octanol–water partition coefficient (Wildman–Crippen LogP) is 1.81. The molecule has 0 radical (unpaired) electrons. The van der Waals surface area contributed by atoms with Gasteiger partial charge in [-0.3, -0.25) is 0 Å². The molecule has 0 saturated carbocycles. The van der Waals surface area contributed by atoms with E-state index in [2.05, 4.69) is 22.0 Å². The molecule has 2 saturated heterocycles. The average Bonchev–Trinajstić information content (AvgIpc) is 2.79. The Morgan fingerprint density at radius 3 is 2.60 bits per heavy atom. The molecule has 2 nitrogen and oxygen atoms in total. The summed E-state index contributed by atoms with van der Waals surface area (Å²) in [5, 5.41) is 3.63. The van der Waals surface area contributed by atoms with Crippen LogP contribution in [-0.2, 0) is 0 Å². The van der Waals surface area contributed by atoms with E-state index in [0.29, 0.717) is 0 Å². The minimum atomic E-state index is 0.963. The van der Waals surface area contributed by atoms with E-state index in [1.807, 2.05) is 0 Å². The number of nitrogens with zero attached hydrogens (tertiary/aromatic N) is 1. The second kappa shape index (κ2) is 6.77. The van der Waals surface area contributed by atoms with E-state index in [0.717, 1.165) is 5.92 Å². The van der Waals surface area contributed by atoms with Crippen LogP contribution in [0.4, 0.5) is 0 Å². The van der Waals surface area contributed by atoms with E-state index >= 15 is 0 Å². The van der Waals surface area contributed by atoms with Gasteiger partial charge in [-0.15, -0.1) is 0 Å². The lowest BCUT2D eigenvalue weighted by atomic mass is 10.0. The fourth-order valence-corrected chi connectivity index (χ4v) is 3.70. The van der Waals surface area contributed by atoms with Gasteiger partial charge in [0.1, 0.15) is 0 Å². The van der Waals surface area contributed by atoms with Crippen molar-refractivity contribution in [2.24, 2.45) is 5.92 Å². The van der Waals surface area contributed by atoms with Crippen LogP contribution in [0.5, 0.6) is 0 Å². The highest BCUT2D eigenvalue weighted by Crippen LogP contribution is 2.21. The Hall–Kier alpha value is 0.270. The summed E-state index contributed by atoms with van der Waals surface area (Å²) < 4.78 is 0. The van der Waals surface area contributed by atoms with Gasteiger partial charge in [-0.25, -0.2) is 0 Å². The number of hydrogen-bond donors (Lipinski definition) is 1. The van der Waals surface area contributed by atoms with Crippen LogP contribution in [-0.4, -0.2) is 49.1 Å². The third-order valence-corrected chi connectivity index (χ3v) is 4.63. The van der Waals surface area contributed by atoms with Gasteiger partial charge in [-0.2, -0.15) is 11.8 Å². The van der Waals surface area contributed by atoms with Crippen molar-refractivity contribution >= 4 is 11.8 Å². The van der Waals surface area contributed by atoms with Crippen LogP contribution in [0.3, 0.4) is 0 Å². The third kappa shape index (κ3) is 4.33.